The highest BCUT2D eigenvalue weighted by atomic mass is 16.5. The molecule has 1 aliphatic carbocycles. The van der Waals surface area contributed by atoms with Crippen molar-refractivity contribution in [3.05, 3.63) is 22.2 Å². The van der Waals surface area contributed by atoms with Crippen molar-refractivity contribution < 1.29 is 4.74 Å². The molecular formula is C13H19N3O2. The van der Waals surface area contributed by atoms with Crippen LogP contribution in [0.5, 0.6) is 5.88 Å². The van der Waals surface area contributed by atoms with E-state index in [0.29, 0.717) is 17.7 Å². The molecule has 2 atom stereocenters. The van der Waals surface area contributed by atoms with Crippen LogP contribution in [0.3, 0.4) is 0 Å². The molecule has 1 saturated carbocycles. The minimum atomic E-state index is -0.113. The summed E-state index contributed by atoms with van der Waals surface area (Å²) in [6.07, 6.45) is 3.45. The number of piperidine rings is 1. The Morgan fingerprint density at radius 1 is 1.39 bits per heavy atom. The Balaban J connectivity index is 1.76. The molecule has 0 amide bonds. The average Bonchev–Trinajstić information content (AvgIpc) is 3.15. The second kappa shape index (κ2) is 4.72. The summed E-state index contributed by atoms with van der Waals surface area (Å²) in [6.45, 7) is 4.05. The van der Waals surface area contributed by atoms with Crippen LogP contribution in [0.15, 0.2) is 10.9 Å². The van der Waals surface area contributed by atoms with Gasteiger partial charge in [0.1, 0.15) is 11.9 Å². The van der Waals surface area contributed by atoms with E-state index < -0.39 is 0 Å². The van der Waals surface area contributed by atoms with E-state index in [-0.39, 0.29) is 11.7 Å². The van der Waals surface area contributed by atoms with Crippen molar-refractivity contribution in [2.75, 3.05) is 13.1 Å². The maximum absolute atomic E-state index is 11.6. The molecule has 1 aromatic rings. The normalized spacial score (nSPS) is 28.1. The number of nitrogens with zero attached hydrogens (tertiary/aromatic N) is 1. The van der Waals surface area contributed by atoms with Crippen molar-refractivity contribution in [2.45, 2.75) is 38.2 Å². The summed E-state index contributed by atoms with van der Waals surface area (Å²) in [7, 11) is 0. The predicted octanol–water partition coefficient (Wildman–Crippen LogP) is 1.02. The van der Waals surface area contributed by atoms with Crippen molar-refractivity contribution in [2.24, 2.45) is 5.92 Å². The molecule has 0 aromatic carbocycles. The molecule has 0 spiro atoms. The van der Waals surface area contributed by atoms with Gasteiger partial charge in [0.05, 0.1) is 6.07 Å². The van der Waals surface area contributed by atoms with Gasteiger partial charge in [-0.2, -0.15) is 4.98 Å². The average molecular weight is 249 g/mol. The zero-order chi connectivity index (χ0) is 12.5. The molecule has 0 bridgehead atoms. The van der Waals surface area contributed by atoms with Gasteiger partial charge in [-0.3, -0.25) is 4.79 Å². The third kappa shape index (κ3) is 2.56. The van der Waals surface area contributed by atoms with Crippen LogP contribution in [0.1, 0.15) is 37.9 Å². The van der Waals surface area contributed by atoms with Crippen LogP contribution in [-0.4, -0.2) is 29.2 Å². The standard InChI is InChI=1S/C13H19N3O2/c1-8-4-5-14-7-10(8)18-12-6-11(17)15-13(16-12)9-2-3-9/h6,8-10,14H,2-5,7H2,1H3,(H,15,16,17). The van der Waals surface area contributed by atoms with E-state index in [1.165, 1.54) is 6.07 Å². The lowest BCUT2D eigenvalue weighted by Gasteiger charge is -2.29. The first-order valence-corrected chi connectivity index (χ1v) is 6.71. The van der Waals surface area contributed by atoms with Gasteiger partial charge in [-0.1, -0.05) is 6.92 Å². The molecule has 3 rings (SSSR count). The molecule has 18 heavy (non-hydrogen) atoms. The zero-order valence-electron chi connectivity index (χ0n) is 10.6. The summed E-state index contributed by atoms with van der Waals surface area (Å²) in [5, 5.41) is 3.31. The second-order valence-electron chi connectivity index (χ2n) is 5.37. The monoisotopic (exact) mass is 249 g/mol. The van der Waals surface area contributed by atoms with Gasteiger partial charge in [-0.05, 0) is 31.7 Å². The Morgan fingerprint density at radius 3 is 2.94 bits per heavy atom. The minimum absolute atomic E-state index is 0.111. The molecule has 2 fully saturated rings. The van der Waals surface area contributed by atoms with E-state index in [9.17, 15) is 4.79 Å². The molecule has 1 aromatic heterocycles. The number of aromatic nitrogens is 2. The van der Waals surface area contributed by atoms with E-state index >= 15 is 0 Å². The van der Waals surface area contributed by atoms with Gasteiger partial charge in [0.25, 0.3) is 5.56 Å². The fourth-order valence-electron chi connectivity index (χ4n) is 2.34. The van der Waals surface area contributed by atoms with Gasteiger partial charge in [0.2, 0.25) is 5.88 Å². The number of nitrogens with one attached hydrogen (secondary N) is 2. The summed E-state index contributed by atoms with van der Waals surface area (Å²) in [5.74, 6) is 2.19. The Kier molecular flexibility index (Phi) is 3.07. The summed E-state index contributed by atoms with van der Waals surface area (Å²) in [4.78, 5) is 18.8. The van der Waals surface area contributed by atoms with E-state index in [0.717, 1.165) is 38.2 Å². The van der Waals surface area contributed by atoms with E-state index in [1.807, 2.05) is 0 Å². The molecular weight excluding hydrogens is 230 g/mol. The van der Waals surface area contributed by atoms with Crippen molar-refractivity contribution in [3.8, 4) is 5.88 Å². The Bertz CT molecular complexity index is 481. The zero-order valence-corrected chi connectivity index (χ0v) is 10.6. The van der Waals surface area contributed by atoms with Crippen molar-refractivity contribution in [1.29, 1.82) is 0 Å². The van der Waals surface area contributed by atoms with Gasteiger partial charge in [-0.25, -0.2) is 0 Å². The van der Waals surface area contributed by atoms with Crippen LogP contribution in [0.4, 0.5) is 0 Å². The van der Waals surface area contributed by atoms with Gasteiger partial charge >= 0.3 is 0 Å². The van der Waals surface area contributed by atoms with Gasteiger partial charge in [0.15, 0.2) is 0 Å². The fourth-order valence-corrected chi connectivity index (χ4v) is 2.34. The highest BCUT2D eigenvalue weighted by molar-refractivity contribution is 5.14. The molecule has 5 heteroatoms. The number of hydrogen-bond acceptors (Lipinski definition) is 4. The topological polar surface area (TPSA) is 67.0 Å². The van der Waals surface area contributed by atoms with Crippen LogP contribution >= 0.6 is 0 Å². The maximum atomic E-state index is 11.6. The second-order valence-corrected chi connectivity index (χ2v) is 5.37. The van der Waals surface area contributed by atoms with Crippen LogP contribution in [0, 0.1) is 5.92 Å². The summed E-state index contributed by atoms with van der Waals surface area (Å²) < 4.78 is 5.87. The molecule has 2 unspecified atom stereocenters. The lowest BCUT2D eigenvalue weighted by Crippen LogP contribution is -2.43. The number of ether oxygens (including phenoxy) is 1. The third-order valence-electron chi connectivity index (χ3n) is 3.73. The Morgan fingerprint density at radius 2 is 2.22 bits per heavy atom. The first-order chi connectivity index (χ1) is 8.72. The maximum Gasteiger partial charge on any atom is 0.254 e. The van der Waals surface area contributed by atoms with E-state index in [1.54, 1.807) is 0 Å². The van der Waals surface area contributed by atoms with Crippen LogP contribution in [-0.2, 0) is 0 Å². The van der Waals surface area contributed by atoms with Crippen LogP contribution < -0.4 is 15.6 Å². The lowest BCUT2D eigenvalue weighted by atomic mass is 9.97. The van der Waals surface area contributed by atoms with E-state index in [2.05, 4.69) is 22.2 Å². The SMILES string of the molecule is CC1CCNCC1Oc1cc(=O)[nH]c(C2CC2)n1. The number of hydrogen-bond donors (Lipinski definition) is 2. The van der Waals surface area contributed by atoms with Crippen LogP contribution in [0.2, 0.25) is 0 Å². The molecule has 98 valence electrons. The van der Waals surface area contributed by atoms with E-state index in [4.69, 9.17) is 4.74 Å². The smallest absolute Gasteiger partial charge is 0.254 e. The highest BCUT2D eigenvalue weighted by Gasteiger charge is 2.28. The Hall–Kier alpha value is -1.36. The Labute approximate surface area is 106 Å². The number of aromatic amines is 1. The first kappa shape index (κ1) is 11.7. The van der Waals surface area contributed by atoms with Crippen molar-refractivity contribution in [3.63, 3.8) is 0 Å². The summed E-state index contributed by atoms with van der Waals surface area (Å²) in [6, 6.07) is 1.45. The molecule has 1 saturated heterocycles. The fraction of sp³-hybridized carbons (Fsp3) is 0.692. The first-order valence-electron chi connectivity index (χ1n) is 6.71. The predicted molar refractivity (Wildman–Crippen MR) is 67.9 cm³/mol. The third-order valence-corrected chi connectivity index (χ3v) is 3.73. The molecule has 2 N–H and O–H groups in total. The molecule has 2 heterocycles. The van der Waals surface area contributed by atoms with Gasteiger partial charge in [0, 0.05) is 12.5 Å². The number of rotatable bonds is 3. The van der Waals surface area contributed by atoms with Gasteiger partial charge in [-0.15, -0.1) is 0 Å². The minimum Gasteiger partial charge on any atom is -0.473 e. The van der Waals surface area contributed by atoms with Gasteiger partial charge < -0.3 is 15.0 Å². The lowest BCUT2D eigenvalue weighted by molar-refractivity contribution is 0.109. The van der Waals surface area contributed by atoms with Crippen molar-refractivity contribution in [1.82, 2.24) is 15.3 Å². The summed E-state index contributed by atoms with van der Waals surface area (Å²) >= 11 is 0. The van der Waals surface area contributed by atoms with Crippen molar-refractivity contribution >= 4 is 0 Å². The largest absolute Gasteiger partial charge is 0.473 e. The van der Waals surface area contributed by atoms with Crippen LogP contribution in [0.25, 0.3) is 0 Å². The summed E-state index contributed by atoms with van der Waals surface area (Å²) in [5.41, 5.74) is -0.113. The highest BCUT2D eigenvalue weighted by Crippen LogP contribution is 2.37. The number of H-pyrrole nitrogens is 1. The molecule has 5 nitrogen and oxygen atoms in total. The molecule has 0 radical (unpaired) electrons. The molecule has 2 aliphatic rings. The molecule has 1 aliphatic heterocycles. The quantitative estimate of drug-likeness (QED) is 0.839.